The van der Waals surface area contributed by atoms with Crippen molar-refractivity contribution in [3.05, 3.63) is 0 Å². The van der Waals surface area contributed by atoms with Crippen molar-refractivity contribution < 1.29 is 18.0 Å². The molecule has 5 nitrogen and oxygen atoms in total. The maximum absolute atomic E-state index is 12.3. The zero-order chi connectivity index (χ0) is 14.0. The fourth-order valence-electron chi connectivity index (χ4n) is 1.52. The van der Waals surface area contributed by atoms with Gasteiger partial charge in [0.15, 0.2) is 7.51 Å². The van der Waals surface area contributed by atoms with E-state index in [4.69, 9.17) is 0 Å². The SMILES string of the molecule is CN(C)P(=NC(=O)C(F)(F)F)(N(C)C)N(C)C. The van der Waals surface area contributed by atoms with Crippen molar-refractivity contribution in [1.29, 1.82) is 0 Å². The fraction of sp³-hybridized carbons (Fsp3) is 0.875. The lowest BCUT2D eigenvalue weighted by molar-refractivity contribution is -0.169. The summed E-state index contributed by atoms with van der Waals surface area (Å²) in [5.41, 5.74) is 0. The molecule has 0 aromatic heterocycles. The lowest BCUT2D eigenvalue weighted by atomic mass is 10.6. The third-order valence-electron chi connectivity index (χ3n) is 2.08. The Kier molecular flexibility index (Phi) is 5.34. The largest absolute Gasteiger partial charge is 0.473 e. The molecule has 0 saturated heterocycles. The highest BCUT2D eigenvalue weighted by Crippen LogP contribution is 2.55. The molecule has 0 N–H and O–H groups in total. The minimum absolute atomic E-state index is 1.54. The summed E-state index contributed by atoms with van der Waals surface area (Å²) in [4.78, 5) is 11.0. The Balaban J connectivity index is 5.79. The highest BCUT2D eigenvalue weighted by atomic mass is 31.2. The van der Waals surface area contributed by atoms with Crippen LogP contribution in [0.4, 0.5) is 13.2 Å². The van der Waals surface area contributed by atoms with E-state index in [9.17, 15) is 18.0 Å². The van der Waals surface area contributed by atoms with E-state index in [0.717, 1.165) is 0 Å². The lowest BCUT2D eigenvalue weighted by Crippen LogP contribution is -2.33. The molecule has 0 fully saturated rings. The molecule has 17 heavy (non-hydrogen) atoms. The predicted molar refractivity (Wildman–Crippen MR) is 61.5 cm³/mol. The summed E-state index contributed by atoms with van der Waals surface area (Å²) in [5, 5.41) is 0. The minimum Gasteiger partial charge on any atom is -0.262 e. The summed E-state index contributed by atoms with van der Waals surface area (Å²) in [6.45, 7) is 0. The van der Waals surface area contributed by atoms with E-state index in [-0.39, 0.29) is 0 Å². The number of hydrogen-bond donors (Lipinski definition) is 0. The Hall–Kier alpha value is -0.430. The quantitative estimate of drug-likeness (QED) is 0.734. The molecule has 0 spiro atoms. The molecule has 0 radical (unpaired) electrons. The van der Waals surface area contributed by atoms with Gasteiger partial charge in [-0.05, 0) is 42.3 Å². The van der Waals surface area contributed by atoms with Crippen molar-refractivity contribution in [2.45, 2.75) is 6.18 Å². The summed E-state index contributed by atoms with van der Waals surface area (Å²) >= 11 is 0. The van der Waals surface area contributed by atoms with Gasteiger partial charge in [0.25, 0.3) is 0 Å². The molecule has 0 unspecified atom stereocenters. The second-order valence-electron chi connectivity index (χ2n) is 3.98. The minimum atomic E-state index is -4.94. The average Bonchev–Trinajstić information content (AvgIpc) is 2.09. The van der Waals surface area contributed by atoms with Crippen molar-refractivity contribution in [3.63, 3.8) is 0 Å². The highest BCUT2D eigenvalue weighted by Gasteiger charge is 2.42. The van der Waals surface area contributed by atoms with Crippen LogP contribution in [0.2, 0.25) is 0 Å². The molecule has 0 bridgehead atoms. The van der Waals surface area contributed by atoms with Gasteiger partial charge in [-0.15, -0.1) is 0 Å². The summed E-state index contributed by atoms with van der Waals surface area (Å²) in [6.07, 6.45) is -4.94. The molecule has 0 aromatic rings. The molecule has 0 rings (SSSR count). The van der Waals surface area contributed by atoms with Crippen molar-refractivity contribution in [2.24, 2.45) is 4.74 Å². The molecule has 0 aliphatic carbocycles. The van der Waals surface area contributed by atoms with Crippen molar-refractivity contribution in [3.8, 4) is 0 Å². The molecular weight excluding hydrogens is 256 g/mol. The molecule has 0 aliphatic rings. The molecule has 0 saturated carbocycles. The van der Waals surface area contributed by atoms with Gasteiger partial charge in [-0.3, -0.25) is 18.8 Å². The maximum atomic E-state index is 12.3. The maximum Gasteiger partial charge on any atom is 0.473 e. The van der Waals surface area contributed by atoms with E-state index in [2.05, 4.69) is 4.74 Å². The monoisotopic (exact) mass is 274 g/mol. The van der Waals surface area contributed by atoms with E-state index < -0.39 is 19.6 Å². The van der Waals surface area contributed by atoms with Crippen LogP contribution in [0.25, 0.3) is 0 Å². The number of hydrogen-bond acceptors (Lipinski definition) is 1. The molecule has 0 aromatic carbocycles. The molecule has 0 atom stereocenters. The van der Waals surface area contributed by atoms with E-state index in [0.29, 0.717) is 0 Å². The van der Waals surface area contributed by atoms with E-state index in [1.54, 1.807) is 42.3 Å². The molecule has 102 valence electrons. The lowest BCUT2D eigenvalue weighted by Gasteiger charge is -2.40. The Bertz CT molecular complexity index is 310. The third-order valence-corrected chi connectivity index (χ3v) is 5.75. The van der Waals surface area contributed by atoms with Gasteiger partial charge in [-0.2, -0.15) is 17.9 Å². The second-order valence-corrected chi connectivity index (χ2v) is 7.65. The standard InChI is InChI=1S/C8H18F3N4OP/c1-13(2)17(14(3)4,15(5)6)12-7(16)8(9,10)11/h1-6H3. The first-order valence-corrected chi connectivity index (χ1v) is 6.33. The molecule has 0 aliphatic heterocycles. The van der Waals surface area contributed by atoms with Gasteiger partial charge >= 0.3 is 12.1 Å². The zero-order valence-electron chi connectivity index (χ0n) is 10.8. The van der Waals surface area contributed by atoms with Crippen LogP contribution in [-0.2, 0) is 4.79 Å². The number of amides is 1. The first-order chi connectivity index (χ1) is 7.46. The van der Waals surface area contributed by atoms with Crippen molar-refractivity contribution in [1.82, 2.24) is 14.0 Å². The van der Waals surface area contributed by atoms with Crippen molar-refractivity contribution in [2.75, 3.05) is 42.3 Å². The highest BCUT2D eigenvalue weighted by molar-refractivity contribution is 7.59. The summed E-state index contributed by atoms with van der Waals surface area (Å²) in [7, 11) is 6.78. The molecule has 9 heteroatoms. The van der Waals surface area contributed by atoms with Gasteiger partial charge in [0, 0.05) is 0 Å². The van der Waals surface area contributed by atoms with E-state index in [1.807, 2.05) is 0 Å². The smallest absolute Gasteiger partial charge is 0.262 e. The van der Waals surface area contributed by atoms with Crippen LogP contribution in [0.1, 0.15) is 0 Å². The zero-order valence-corrected chi connectivity index (χ0v) is 11.7. The van der Waals surface area contributed by atoms with Gasteiger partial charge in [0.1, 0.15) is 0 Å². The van der Waals surface area contributed by atoms with Gasteiger partial charge in [-0.1, -0.05) is 0 Å². The number of rotatable bonds is 3. The summed E-state index contributed by atoms with van der Waals surface area (Å²) in [5.74, 6) is -2.05. The van der Waals surface area contributed by atoms with Gasteiger partial charge in [0.05, 0.1) is 0 Å². The van der Waals surface area contributed by atoms with E-state index in [1.165, 1.54) is 14.0 Å². The van der Waals surface area contributed by atoms with Crippen LogP contribution in [0.3, 0.4) is 0 Å². The Morgan fingerprint density at radius 1 is 0.941 bits per heavy atom. The number of halogens is 3. The topological polar surface area (TPSA) is 39.2 Å². The molecule has 1 amide bonds. The first kappa shape index (κ1) is 16.6. The second kappa shape index (κ2) is 5.48. The van der Waals surface area contributed by atoms with Crippen LogP contribution >= 0.6 is 7.51 Å². The van der Waals surface area contributed by atoms with Gasteiger partial charge < -0.3 is 0 Å². The van der Waals surface area contributed by atoms with Gasteiger partial charge in [-0.25, -0.2) is 0 Å². The van der Waals surface area contributed by atoms with Crippen LogP contribution in [0.5, 0.6) is 0 Å². The van der Waals surface area contributed by atoms with Crippen LogP contribution in [0.15, 0.2) is 4.74 Å². The molecule has 0 heterocycles. The fourth-order valence-corrected chi connectivity index (χ4v) is 4.56. The number of carbonyl (C=O) groups is 1. The summed E-state index contributed by atoms with van der Waals surface area (Å²) < 4.78 is 44.9. The Morgan fingerprint density at radius 3 is 1.41 bits per heavy atom. The molecular formula is C8H18F3N4OP. The van der Waals surface area contributed by atoms with E-state index >= 15 is 0 Å². The number of nitrogens with zero attached hydrogens (tertiary/aromatic N) is 4. The number of alkyl halides is 3. The predicted octanol–water partition coefficient (Wildman–Crippen LogP) is 1.71. The first-order valence-electron chi connectivity index (χ1n) is 4.73. The van der Waals surface area contributed by atoms with Gasteiger partial charge in [0.2, 0.25) is 0 Å². The van der Waals surface area contributed by atoms with Crippen molar-refractivity contribution >= 4 is 13.4 Å². The number of carbonyl (C=O) groups excluding carboxylic acids is 1. The normalized spacial score (nSPS) is 13.6. The summed E-state index contributed by atoms with van der Waals surface area (Å²) in [6, 6.07) is 0. The van der Waals surface area contributed by atoms with Crippen LogP contribution < -0.4 is 0 Å². The Morgan fingerprint density at radius 2 is 1.24 bits per heavy atom. The Labute approximate surface area is 99.4 Å². The average molecular weight is 274 g/mol. The third kappa shape index (κ3) is 3.51. The van der Waals surface area contributed by atoms with Crippen LogP contribution in [-0.4, -0.2) is 68.4 Å². The van der Waals surface area contributed by atoms with Crippen LogP contribution in [0, 0.1) is 0 Å².